The van der Waals surface area contributed by atoms with Crippen LogP contribution in [0.5, 0.6) is 5.75 Å². The highest BCUT2D eigenvalue weighted by Crippen LogP contribution is 2.35. The number of imidazole rings is 1. The maximum Gasteiger partial charge on any atom is 0.175 e. The summed E-state index contributed by atoms with van der Waals surface area (Å²) in [6.07, 6.45) is 6.53. The highest BCUT2D eigenvalue weighted by molar-refractivity contribution is 6.03. The molecule has 9 heteroatoms. The number of methoxy groups -OCH3 is 1. The summed E-state index contributed by atoms with van der Waals surface area (Å²) in [4.78, 5) is 12.0. The van der Waals surface area contributed by atoms with Crippen molar-refractivity contribution >= 4 is 11.9 Å². The summed E-state index contributed by atoms with van der Waals surface area (Å²) in [6, 6.07) is 8.63. The number of aromatic nitrogens is 2. The van der Waals surface area contributed by atoms with E-state index in [0.29, 0.717) is 23.7 Å². The van der Waals surface area contributed by atoms with E-state index < -0.39 is 23.8 Å². The molecule has 0 saturated carbocycles. The maximum atomic E-state index is 13.8. The van der Waals surface area contributed by atoms with Gasteiger partial charge in [0.05, 0.1) is 37.5 Å². The Morgan fingerprint density at radius 3 is 2.69 bits per heavy atom. The smallest absolute Gasteiger partial charge is 0.175 e. The summed E-state index contributed by atoms with van der Waals surface area (Å²) in [6.45, 7) is 2.34. The fraction of sp³-hybridized carbons (Fsp3) is 0.308. The Bertz CT molecular complexity index is 1280. The first-order valence-electron chi connectivity index (χ1n) is 11.4. The van der Waals surface area contributed by atoms with Crippen LogP contribution >= 0.6 is 0 Å². The van der Waals surface area contributed by atoms with Gasteiger partial charge in [0.25, 0.3) is 0 Å². The third kappa shape index (κ3) is 4.51. The topological polar surface area (TPSA) is 72.1 Å². The van der Waals surface area contributed by atoms with Crippen LogP contribution < -0.4 is 4.74 Å². The third-order valence-electron chi connectivity index (χ3n) is 6.34. The zero-order valence-electron chi connectivity index (χ0n) is 19.5. The van der Waals surface area contributed by atoms with E-state index in [1.165, 1.54) is 12.1 Å². The molecule has 2 atom stereocenters. The van der Waals surface area contributed by atoms with Crippen molar-refractivity contribution in [3.05, 3.63) is 83.0 Å². The van der Waals surface area contributed by atoms with E-state index in [0.717, 1.165) is 41.4 Å². The minimum Gasteiger partial charge on any atom is -0.495 e. The van der Waals surface area contributed by atoms with Gasteiger partial charge in [-0.25, -0.2) is 13.8 Å². The van der Waals surface area contributed by atoms with Crippen LogP contribution in [0.4, 0.5) is 8.78 Å². The predicted molar refractivity (Wildman–Crippen MR) is 127 cm³/mol. The Kier molecular flexibility index (Phi) is 6.25. The van der Waals surface area contributed by atoms with Crippen LogP contribution in [0.3, 0.4) is 0 Å². The lowest BCUT2D eigenvalue weighted by Gasteiger charge is -2.43. The monoisotopic (exact) mass is 480 g/mol. The quantitative estimate of drug-likeness (QED) is 0.587. The van der Waals surface area contributed by atoms with Crippen molar-refractivity contribution in [2.45, 2.75) is 31.9 Å². The molecule has 1 saturated heterocycles. The standard InChI is InChI=1S/C26H26F2N4O3/c1-16-13-31(15-29-16)22-6-5-17(9-24(22)34-2)8-18-4-3-7-32-23(14-33)25(35-30-26(18)32)19-10-20(27)12-21(28)11-19/h5-6,8-13,15,23,25,33H,3-4,7,14H2,1-2H3/t23-,25+/m0/s1. The average molecular weight is 481 g/mol. The van der Waals surface area contributed by atoms with Crippen LogP contribution in [-0.4, -0.2) is 51.7 Å². The minimum atomic E-state index is -0.786. The van der Waals surface area contributed by atoms with Crippen molar-refractivity contribution in [3.8, 4) is 11.4 Å². The largest absolute Gasteiger partial charge is 0.495 e. The third-order valence-corrected chi connectivity index (χ3v) is 6.34. The Labute approximate surface area is 201 Å². The lowest BCUT2D eigenvalue weighted by molar-refractivity contribution is -0.0395. The lowest BCUT2D eigenvalue weighted by Crippen LogP contribution is -2.52. The number of piperidine rings is 1. The summed E-state index contributed by atoms with van der Waals surface area (Å²) >= 11 is 0. The van der Waals surface area contributed by atoms with E-state index in [2.05, 4.69) is 10.1 Å². The number of aliphatic hydroxyl groups excluding tert-OH is 1. The van der Waals surface area contributed by atoms with Gasteiger partial charge in [0, 0.05) is 24.4 Å². The molecular formula is C26H26F2N4O3. The number of fused-ring (bicyclic) bond motifs is 1. The normalized spacial score (nSPS) is 20.9. The number of hydrogen-bond acceptors (Lipinski definition) is 6. The molecule has 2 aliphatic heterocycles. The van der Waals surface area contributed by atoms with Gasteiger partial charge in [-0.05, 0) is 61.2 Å². The van der Waals surface area contributed by atoms with Gasteiger partial charge < -0.3 is 24.1 Å². The number of aryl methyl sites for hydroxylation is 1. The van der Waals surface area contributed by atoms with Crippen LogP contribution in [0.2, 0.25) is 0 Å². The number of rotatable bonds is 5. The average Bonchev–Trinajstić information content (AvgIpc) is 3.28. The fourth-order valence-electron chi connectivity index (χ4n) is 4.72. The summed E-state index contributed by atoms with van der Waals surface area (Å²) in [7, 11) is 1.63. The zero-order valence-corrected chi connectivity index (χ0v) is 19.5. The molecule has 2 aromatic carbocycles. The van der Waals surface area contributed by atoms with Crippen LogP contribution in [-0.2, 0) is 4.84 Å². The van der Waals surface area contributed by atoms with Crippen molar-refractivity contribution in [3.63, 3.8) is 0 Å². The van der Waals surface area contributed by atoms with E-state index in [4.69, 9.17) is 9.57 Å². The highest BCUT2D eigenvalue weighted by Gasteiger charge is 2.39. The molecule has 7 nitrogen and oxygen atoms in total. The molecule has 35 heavy (non-hydrogen) atoms. The maximum absolute atomic E-state index is 13.8. The van der Waals surface area contributed by atoms with Gasteiger partial charge in [0.15, 0.2) is 11.9 Å². The Balaban J connectivity index is 1.47. The van der Waals surface area contributed by atoms with Crippen LogP contribution in [0.15, 0.2) is 59.7 Å². The molecule has 182 valence electrons. The Hall–Kier alpha value is -3.72. The molecule has 1 aromatic heterocycles. The number of amidine groups is 1. The fourth-order valence-corrected chi connectivity index (χ4v) is 4.72. The molecular weight excluding hydrogens is 454 g/mol. The molecule has 3 aromatic rings. The number of nitrogens with zero attached hydrogens (tertiary/aromatic N) is 4. The van der Waals surface area contributed by atoms with Crippen LogP contribution in [0.25, 0.3) is 11.8 Å². The Morgan fingerprint density at radius 1 is 1.20 bits per heavy atom. The molecule has 0 bridgehead atoms. The lowest BCUT2D eigenvalue weighted by atomic mass is 9.94. The molecule has 1 N–H and O–H groups in total. The van der Waals surface area contributed by atoms with Gasteiger partial charge in [-0.1, -0.05) is 11.2 Å². The molecule has 2 aliphatic rings. The molecule has 0 aliphatic carbocycles. The summed E-state index contributed by atoms with van der Waals surface area (Å²) in [5, 5.41) is 14.5. The van der Waals surface area contributed by atoms with Gasteiger partial charge in [0.2, 0.25) is 0 Å². The van der Waals surface area contributed by atoms with Crippen molar-refractivity contribution < 1.29 is 23.5 Å². The van der Waals surface area contributed by atoms with Gasteiger partial charge >= 0.3 is 0 Å². The van der Waals surface area contributed by atoms with Crippen LogP contribution in [0, 0.1) is 18.6 Å². The first-order chi connectivity index (χ1) is 17.0. The van der Waals surface area contributed by atoms with E-state index in [1.807, 2.05) is 46.9 Å². The van der Waals surface area contributed by atoms with Crippen molar-refractivity contribution in [1.82, 2.24) is 14.5 Å². The molecule has 1 fully saturated rings. The SMILES string of the molecule is COc1cc(C=C2CCCN3C2=NO[C@H](c2cc(F)cc(F)c2)[C@@H]3CO)ccc1-n1cnc(C)c1. The number of halogens is 2. The first kappa shape index (κ1) is 23.0. The van der Waals surface area contributed by atoms with E-state index in [1.54, 1.807) is 13.4 Å². The molecule has 0 radical (unpaired) electrons. The van der Waals surface area contributed by atoms with Gasteiger partial charge in [-0.3, -0.25) is 0 Å². The predicted octanol–water partition coefficient (Wildman–Crippen LogP) is 4.39. The Morgan fingerprint density at radius 2 is 2.00 bits per heavy atom. The summed E-state index contributed by atoms with van der Waals surface area (Å²) < 4.78 is 35.2. The number of benzene rings is 2. The number of ether oxygens (including phenoxy) is 1. The van der Waals surface area contributed by atoms with E-state index >= 15 is 0 Å². The molecule has 0 unspecified atom stereocenters. The molecule has 5 rings (SSSR count). The van der Waals surface area contributed by atoms with E-state index in [-0.39, 0.29) is 6.61 Å². The summed E-state index contributed by atoms with van der Waals surface area (Å²) in [5.74, 6) is -0.0699. The molecule has 0 amide bonds. The first-order valence-corrected chi connectivity index (χ1v) is 11.4. The minimum absolute atomic E-state index is 0.248. The van der Waals surface area contributed by atoms with Crippen LogP contribution in [0.1, 0.15) is 35.8 Å². The number of hydrogen-bond donors (Lipinski definition) is 1. The highest BCUT2D eigenvalue weighted by atomic mass is 19.1. The van der Waals surface area contributed by atoms with Crippen molar-refractivity contribution in [2.75, 3.05) is 20.3 Å². The van der Waals surface area contributed by atoms with Gasteiger partial charge in [-0.15, -0.1) is 0 Å². The van der Waals surface area contributed by atoms with Gasteiger partial charge in [-0.2, -0.15) is 0 Å². The van der Waals surface area contributed by atoms with Gasteiger partial charge in [0.1, 0.15) is 17.4 Å². The second kappa shape index (κ2) is 9.50. The molecule has 3 heterocycles. The second-order valence-corrected chi connectivity index (χ2v) is 8.71. The summed E-state index contributed by atoms with van der Waals surface area (Å²) in [5.41, 5.74) is 3.97. The number of oxime groups is 1. The van der Waals surface area contributed by atoms with Crippen molar-refractivity contribution in [1.29, 1.82) is 0 Å². The number of aliphatic hydroxyl groups is 1. The van der Waals surface area contributed by atoms with Crippen molar-refractivity contribution in [2.24, 2.45) is 5.16 Å². The molecule has 0 spiro atoms. The van der Waals surface area contributed by atoms with E-state index in [9.17, 15) is 13.9 Å². The zero-order chi connectivity index (χ0) is 24.5. The second-order valence-electron chi connectivity index (χ2n) is 8.71.